The molecule has 47 heavy (non-hydrogen) atoms. The molecule has 4 heteroatoms. The topological polar surface area (TPSA) is 44.8 Å². The molecule has 0 aromatic heterocycles. The molecule has 0 aliphatic heterocycles. The standard InChI is InChI=1S/C43H84O4/c1-5-7-9-11-13-15-17-19-21-22-24-25-27-29-31-33-35-37-41(3)47-42(39-45-4)40-46-43(44)38-36-34-32-30-28-26-23-20-18-16-14-12-10-8-6-2/h42H,3,5-40H2,1-2,4H3. The van der Waals surface area contributed by atoms with Crippen LogP contribution in [0.15, 0.2) is 12.3 Å². The van der Waals surface area contributed by atoms with Gasteiger partial charge in [0.1, 0.15) is 6.61 Å². The predicted octanol–water partition coefficient (Wildman–Crippen LogP) is 14.4. The average Bonchev–Trinajstić information content (AvgIpc) is 3.07. The second-order valence-electron chi connectivity index (χ2n) is 14.5. The number of allylic oxidation sites excluding steroid dienone is 1. The van der Waals surface area contributed by atoms with E-state index in [0.717, 1.165) is 31.4 Å². The maximum atomic E-state index is 12.3. The van der Waals surface area contributed by atoms with Crippen LogP contribution < -0.4 is 0 Å². The Balaban J connectivity index is 3.58. The third-order valence-electron chi connectivity index (χ3n) is 9.66. The van der Waals surface area contributed by atoms with E-state index < -0.39 is 0 Å². The molecule has 1 atom stereocenters. The lowest BCUT2D eigenvalue weighted by Crippen LogP contribution is -2.26. The SMILES string of the molecule is C=C(CCCCCCCCCCCCCCCCCCC)OC(COC)COC(=O)CCCCCCCCCCCCCCCCC. The predicted molar refractivity (Wildman–Crippen MR) is 205 cm³/mol. The van der Waals surface area contributed by atoms with E-state index in [4.69, 9.17) is 14.2 Å². The molecular formula is C43H84O4. The molecule has 0 aliphatic rings. The Labute approximate surface area is 295 Å². The molecule has 0 spiro atoms. The number of esters is 1. The number of ether oxygens (including phenoxy) is 3. The smallest absolute Gasteiger partial charge is 0.305 e. The molecule has 0 N–H and O–H groups in total. The maximum absolute atomic E-state index is 12.3. The summed E-state index contributed by atoms with van der Waals surface area (Å²) in [7, 11) is 1.66. The summed E-state index contributed by atoms with van der Waals surface area (Å²) in [5, 5.41) is 0. The van der Waals surface area contributed by atoms with E-state index in [0.29, 0.717) is 13.0 Å². The molecule has 0 aromatic rings. The first-order valence-corrected chi connectivity index (χ1v) is 21.1. The Kier molecular flexibility index (Phi) is 38.5. The highest BCUT2D eigenvalue weighted by Gasteiger charge is 2.14. The normalized spacial score (nSPS) is 12.0. The van der Waals surface area contributed by atoms with Gasteiger partial charge in [0, 0.05) is 20.0 Å². The molecule has 0 fully saturated rings. The van der Waals surface area contributed by atoms with Gasteiger partial charge < -0.3 is 14.2 Å². The highest BCUT2D eigenvalue weighted by molar-refractivity contribution is 5.69. The van der Waals surface area contributed by atoms with E-state index in [2.05, 4.69) is 20.4 Å². The van der Waals surface area contributed by atoms with Crippen LogP contribution >= 0.6 is 0 Å². The molecule has 280 valence electrons. The molecule has 0 saturated carbocycles. The van der Waals surface area contributed by atoms with Crippen molar-refractivity contribution in [3.05, 3.63) is 12.3 Å². The summed E-state index contributed by atoms with van der Waals surface area (Å²) in [6.45, 7) is 9.34. The number of carbonyl (C=O) groups excluding carboxylic acids is 1. The van der Waals surface area contributed by atoms with Crippen LogP contribution in [-0.4, -0.2) is 32.4 Å². The van der Waals surface area contributed by atoms with Crippen molar-refractivity contribution in [3.8, 4) is 0 Å². The fourth-order valence-electron chi connectivity index (χ4n) is 6.54. The van der Waals surface area contributed by atoms with Gasteiger partial charge in [-0.2, -0.15) is 0 Å². The quantitative estimate of drug-likeness (QED) is 0.0371. The Hall–Kier alpha value is -1.03. The minimum absolute atomic E-state index is 0.122. The van der Waals surface area contributed by atoms with Crippen LogP contribution in [0, 0.1) is 0 Å². The van der Waals surface area contributed by atoms with Crippen molar-refractivity contribution in [2.75, 3.05) is 20.3 Å². The number of hydrogen-bond donors (Lipinski definition) is 0. The van der Waals surface area contributed by atoms with Gasteiger partial charge in [-0.1, -0.05) is 213 Å². The summed E-state index contributed by atoms with van der Waals surface area (Å²) >= 11 is 0. The molecule has 0 aliphatic carbocycles. The highest BCUT2D eigenvalue weighted by Crippen LogP contribution is 2.17. The molecule has 1 unspecified atom stereocenters. The zero-order valence-corrected chi connectivity index (χ0v) is 32.4. The van der Waals surface area contributed by atoms with Crippen LogP contribution in [0.5, 0.6) is 0 Å². The van der Waals surface area contributed by atoms with Crippen molar-refractivity contribution < 1.29 is 19.0 Å². The number of rotatable bonds is 40. The Morgan fingerprint density at radius 1 is 0.447 bits per heavy atom. The van der Waals surface area contributed by atoms with Crippen LogP contribution in [0.3, 0.4) is 0 Å². The number of methoxy groups -OCH3 is 1. The monoisotopic (exact) mass is 665 g/mol. The first kappa shape index (κ1) is 46.0. The summed E-state index contributed by atoms with van der Waals surface area (Å²) < 4.78 is 16.8. The Morgan fingerprint density at radius 3 is 1.06 bits per heavy atom. The lowest BCUT2D eigenvalue weighted by atomic mass is 10.0. The molecule has 4 nitrogen and oxygen atoms in total. The summed E-state index contributed by atoms with van der Waals surface area (Å²) in [4.78, 5) is 12.3. The van der Waals surface area contributed by atoms with Crippen LogP contribution in [0.25, 0.3) is 0 Å². The van der Waals surface area contributed by atoms with Crippen molar-refractivity contribution >= 4 is 5.97 Å². The van der Waals surface area contributed by atoms with E-state index >= 15 is 0 Å². The van der Waals surface area contributed by atoms with Gasteiger partial charge in [0.05, 0.1) is 12.4 Å². The molecule has 0 aromatic carbocycles. The Morgan fingerprint density at radius 2 is 0.745 bits per heavy atom. The second kappa shape index (κ2) is 39.4. The molecule has 0 saturated heterocycles. The zero-order chi connectivity index (χ0) is 34.3. The summed E-state index contributed by atoms with van der Waals surface area (Å²) in [6.07, 6.45) is 44.4. The van der Waals surface area contributed by atoms with E-state index in [9.17, 15) is 4.79 Å². The van der Waals surface area contributed by atoms with Crippen molar-refractivity contribution in [1.82, 2.24) is 0 Å². The molecule has 0 bridgehead atoms. The fraction of sp³-hybridized carbons (Fsp3) is 0.930. The van der Waals surface area contributed by atoms with Gasteiger partial charge in [-0.3, -0.25) is 4.79 Å². The molecule has 0 radical (unpaired) electrons. The third kappa shape index (κ3) is 37.6. The molecule has 0 rings (SSSR count). The van der Waals surface area contributed by atoms with Gasteiger partial charge in [0.2, 0.25) is 0 Å². The number of unbranched alkanes of at least 4 members (excludes halogenated alkanes) is 30. The first-order chi connectivity index (χ1) is 23.1. The van der Waals surface area contributed by atoms with E-state index in [1.807, 2.05) is 0 Å². The van der Waals surface area contributed by atoms with Gasteiger partial charge in [0.15, 0.2) is 6.10 Å². The van der Waals surface area contributed by atoms with Crippen molar-refractivity contribution in [1.29, 1.82) is 0 Å². The van der Waals surface area contributed by atoms with Gasteiger partial charge in [0.25, 0.3) is 0 Å². The maximum Gasteiger partial charge on any atom is 0.305 e. The van der Waals surface area contributed by atoms with Crippen LogP contribution in [0.1, 0.15) is 232 Å². The third-order valence-corrected chi connectivity index (χ3v) is 9.66. The molecule has 0 heterocycles. The van der Waals surface area contributed by atoms with Gasteiger partial charge in [-0.05, 0) is 12.8 Å². The largest absolute Gasteiger partial charge is 0.489 e. The summed E-state index contributed by atoms with van der Waals surface area (Å²) in [5.74, 6) is 0.662. The van der Waals surface area contributed by atoms with E-state index in [1.165, 1.54) is 186 Å². The number of carbonyl (C=O) groups is 1. The average molecular weight is 665 g/mol. The second-order valence-corrected chi connectivity index (χ2v) is 14.5. The number of hydrogen-bond acceptors (Lipinski definition) is 4. The summed E-state index contributed by atoms with van der Waals surface area (Å²) in [6, 6.07) is 0. The fourth-order valence-corrected chi connectivity index (χ4v) is 6.54. The van der Waals surface area contributed by atoms with Crippen molar-refractivity contribution in [2.24, 2.45) is 0 Å². The van der Waals surface area contributed by atoms with Gasteiger partial charge in [-0.15, -0.1) is 0 Å². The van der Waals surface area contributed by atoms with E-state index in [1.54, 1.807) is 7.11 Å². The lowest BCUT2D eigenvalue weighted by molar-refractivity contribution is -0.148. The lowest BCUT2D eigenvalue weighted by Gasteiger charge is -2.20. The minimum Gasteiger partial charge on any atom is -0.489 e. The highest BCUT2D eigenvalue weighted by atomic mass is 16.6. The minimum atomic E-state index is -0.275. The summed E-state index contributed by atoms with van der Waals surface area (Å²) in [5.41, 5.74) is 0. The van der Waals surface area contributed by atoms with E-state index in [-0.39, 0.29) is 18.7 Å². The molecule has 0 amide bonds. The van der Waals surface area contributed by atoms with Crippen LogP contribution in [0.2, 0.25) is 0 Å². The van der Waals surface area contributed by atoms with Crippen LogP contribution in [0.4, 0.5) is 0 Å². The zero-order valence-electron chi connectivity index (χ0n) is 32.4. The van der Waals surface area contributed by atoms with Gasteiger partial charge >= 0.3 is 5.97 Å². The van der Waals surface area contributed by atoms with Crippen LogP contribution in [-0.2, 0) is 19.0 Å². The molecular weight excluding hydrogens is 580 g/mol. The Bertz CT molecular complexity index is 633. The van der Waals surface area contributed by atoms with Crippen molar-refractivity contribution in [2.45, 2.75) is 238 Å². The first-order valence-electron chi connectivity index (χ1n) is 21.1. The van der Waals surface area contributed by atoms with Gasteiger partial charge in [-0.25, -0.2) is 0 Å². The van der Waals surface area contributed by atoms with Crippen molar-refractivity contribution in [3.63, 3.8) is 0 Å².